The summed E-state index contributed by atoms with van der Waals surface area (Å²) in [5.41, 5.74) is 2.24. The maximum absolute atomic E-state index is 12.3. The molecule has 1 aliphatic heterocycles. The van der Waals surface area contributed by atoms with Crippen LogP contribution in [0.4, 0.5) is 10.5 Å². The number of benzene rings is 2. The average Bonchev–Trinajstić information content (AvgIpc) is 2.81. The van der Waals surface area contributed by atoms with Gasteiger partial charge < -0.3 is 20.3 Å². The molecule has 6 heteroatoms. The topological polar surface area (TPSA) is 53.6 Å². The molecule has 0 bridgehead atoms. The van der Waals surface area contributed by atoms with Crippen molar-refractivity contribution in [2.75, 3.05) is 38.1 Å². The first-order chi connectivity index (χ1) is 14.8. The Kier molecular flexibility index (Phi) is 9.04. The Labute approximate surface area is 192 Å². The minimum atomic E-state index is 0. The lowest BCUT2D eigenvalue weighted by Crippen LogP contribution is -2.48. The number of carbonyl (C=O) groups excluding carboxylic acids is 1. The summed E-state index contributed by atoms with van der Waals surface area (Å²) >= 11 is 0. The van der Waals surface area contributed by atoms with Gasteiger partial charge in [-0.2, -0.15) is 0 Å². The number of hydrogen-bond acceptors (Lipinski definition) is 3. The molecule has 2 amide bonds. The molecule has 1 aliphatic carbocycles. The van der Waals surface area contributed by atoms with E-state index in [1.807, 2.05) is 47.4 Å². The smallest absolute Gasteiger partial charge is 0.321 e. The van der Waals surface area contributed by atoms with E-state index in [2.05, 4.69) is 22.8 Å². The highest BCUT2D eigenvalue weighted by Gasteiger charge is 2.22. The summed E-state index contributed by atoms with van der Waals surface area (Å²) in [5.74, 6) is 2.40. The molecule has 2 N–H and O–H groups in total. The Morgan fingerprint density at radius 3 is 2.26 bits per heavy atom. The Morgan fingerprint density at radius 1 is 0.935 bits per heavy atom. The lowest BCUT2D eigenvalue weighted by atomic mass is 9.79. The van der Waals surface area contributed by atoms with Crippen LogP contribution in [0, 0.1) is 11.8 Å². The molecule has 0 spiro atoms. The standard InChI is InChI=1S/C25H33N3O2.ClH/c29-25(28-16-14-26-15-17-28)27-23-12-10-21(11-13-23)18-20-6-8-22(9-7-20)19-30-24-4-2-1-3-5-24;/h1-5,10-13,20,22,26H,6-9,14-19H2,(H,27,29);1H. The first-order valence-corrected chi connectivity index (χ1v) is 11.3. The van der Waals surface area contributed by atoms with Crippen LogP contribution < -0.4 is 15.4 Å². The highest BCUT2D eigenvalue weighted by molar-refractivity contribution is 5.89. The van der Waals surface area contributed by atoms with E-state index in [9.17, 15) is 4.79 Å². The largest absolute Gasteiger partial charge is 0.493 e. The molecule has 1 saturated carbocycles. The zero-order chi connectivity index (χ0) is 20.6. The number of halogens is 1. The maximum Gasteiger partial charge on any atom is 0.321 e. The van der Waals surface area contributed by atoms with Crippen molar-refractivity contribution in [3.05, 3.63) is 60.2 Å². The summed E-state index contributed by atoms with van der Waals surface area (Å²) in [6.07, 6.45) is 6.15. The summed E-state index contributed by atoms with van der Waals surface area (Å²) in [6, 6.07) is 18.5. The van der Waals surface area contributed by atoms with E-state index in [1.165, 1.54) is 31.2 Å². The minimum absolute atomic E-state index is 0. The van der Waals surface area contributed by atoms with E-state index in [0.29, 0.717) is 5.92 Å². The van der Waals surface area contributed by atoms with Crippen molar-refractivity contribution in [3.63, 3.8) is 0 Å². The van der Waals surface area contributed by atoms with Crippen LogP contribution in [-0.4, -0.2) is 43.7 Å². The number of para-hydroxylation sites is 1. The van der Waals surface area contributed by atoms with Crippen LogP contribution in [0.3, 0.4) is 0 Å². The van der Waals surface area contributed by atoms with Crippen LogP contribution in [0.1, 0.15) is 31.2 Å². The third kappa shape index (κ3) is 7.15. The molecule has 0 unspecified atom stereocenters. The van der Waals surface area contributed by atoms with Crippen molar-refractivity contribution in [2.24, 2.45) is 11.8 Å². The average molecular weight is 444 g/mol. The van der Waals surface area contributed by atoms with Gasteiger partial charge in [-0.1, -0.05) is 30.3 Å². The highest BCUT2D eigenvalue weighted by atomic mass is 35.5. The predicted octanol–water partition coefficient (Wildman–Crippen LogP) is 4.97. The summed E-state index contributed by atoms with van der Waals surface area (Å²) < 4.78 is 5.95. The first kappa shape index (κ1) is 23.4. The molecule has 168 valence electrons. The van der Waals surface area contributed by atoms with E-state index >= 15 is 0 Å². The van der Waals surface area contributed by atoms with E-state index in [4.69, 9.17) is 4.74 Å². The molecule has 0 aromatic heterocycles. The molecular weight excluding hydrogens is 410 g/mol. The molecule has 2 aromatic carbocycles. The Balaban J connectivity index is 0.00000272. The molecule has 2 fully saturated rings. The van der Waals surface area contributed by atoms with Crippen molar-refractivity contribution in [3.8, 4) is 5.75 Å². The number of ether oxygens (including phenoxy) is 1. The highest BCUT2D eigenvalue weighted by Crippen LogP contribution is 2.31. The van der Waals surface area contributed by atoms with E-state index < -0.39 is 0 Å². The van der Waals surface area contributed by atoms with Crippen molar-refractivity contribution < 1.29 is 9.53 Å². The first-order valence-electron chi connectivity index (χ1n) is 11.3. The zero-order valence-electron chi connectivity index (χ0n) is 18.1. The van der Waals surface area contributed by atoms with Crippen LogP contribution in [0.5, 0.6) is 5.75 Å². The number of amides is 2. The lowest BCUT2D eigenvalue weighted by molar-refractivity contribution is 0.182. The Hall–Kier alpha value is -2.24. The van der Waals surface area contributed by atoms with Gasteiger partial charge in [-0.3, -0.25) is 0 Å². The summed E-state index contributed by atoms with van der Waals surface area (Å²) in [7, 11) is 0. The Morgan fingerprint density at radius 2 is 1.58 bits per heavy atom. The van der Waals surface area contributed by atoms with Crippen LogP contribution in [0.2, 0.25) is 0 Å². The van der Waals surface area contributed by atoms with Gasteiger partial charge in [0.05, 0.1) is 6.61 Å². The number of piperazine rings is 1. The minimum Gasteiger partial charge on any atom is -0.493 e. The number of hydrogen-bond donors (Lipinski definition) is 2. The summed E-state index contributed by atoms with van der Waals surface area (Å²) in [4.78, 5) is 14.2. The van der Waals surface area contributed by atoms with Gasteiger partial charge in [0.15, 0.2) is 0 Å². The molecule has 1 heterocycles. The van der Waals surface area contributed by atoms with Crippen LogP contribution in [0.25, 0.3) is 0 Å². The normalized spacial score (nSPS) is 21.1. The summed E-state index contributed by atoms with van der Waals surface area (Å²) in [6.45, 7) is 4.10. The Bertz CT molecular complexity index is 786. The fourth-order valence-electron chi connectivity index (χ4n) is 4.46. The second-order valence-corrected chi connectivity index (χ2v) is 8.58. The van der Waals surface area contributed by atoms with Crippen molar-refractivity contribution in [1.82, 2.24) is 10.2 Å². The number of carbonyl (C=O) groups is 1. The van der Waals surface area contributed by atoms with E-state index in [1.54, 1.807) is 0 Å². The van der Waals surface area contributed by atoms with E-state index in [-0.39, 0.29) is 18.4 Å². The van der Waals surface area contributed by atoms with Gasteiger partial charge in [-0.25, -0.2) is 4.79 Å². The number of urea groups is 1. The van der Waals surface area contributed by atoms with Gasteiger partial charge in [0.2, 0.25) is 0 Å². The van der Waals surface area contributed by atoms with Crippen molar-refractivity contribution in [1.29, 1.82) is 0 Å². The summed E-state index contributed by atoms with van der Waals surface area (Å²) in [5, 5.41) is 6.29. The molecule has 2 aliphatic rings. The number of anilines is 1. The van der Waals surface area contributed by atoms with Crippen LogP contribution in [-0.2, 0) is 6.42 Å². The molecule has 5 nitrogen and oxygen atoms in total. The number of nitrogens with one attached hydrogen (secondary N) is 2. The second kappa shape index (κ2) is 12.0. The maximum atomic E-state index is 12.3. The molecule has 0 radical (unpaired) electrons. The molecule has 31 heavy (non-hydrogen) atoms. The van der Waals surface area contributed by atoms with Gasteiger partial charge in [0, 0.05) is 31.9 Å². The third-order valence-electron chi connectivity index (χ3n) is 6.33. The number of nitrogens with zero attached hydrogens (tertiary/aromatic N) is 1. The van der Waals surface area contributed by atoms with Gasteiger partial charge in [0.1, 0.15) is 5.75 Å². The number of rotatable bonds is 6. The second-order valence-electron chi connectivity index (χ2n) is 8.58. The van der Waals surface area contributed by atoms with Crippen molar-refractivity contribution in [2.45, 2.75) is 32.1 Å². The SMILES string of the molecule is Cl.O=C(Nc1ccc(CC2CCC(COc3ccccc3)CC2)cc1)N1CCNCC1. The van der Waals surface area contributed by atoms with E-state index in [0.717, 1.165) is 56.6 Å². The predicted molar refractivity (Wildman–Crippen MR) is 128 cm³/mol. The lowest BCUT2D eigenvalue weighted by Gasteiger charge is -2.28. The van der Waals surface area contributed by atoms with Gasteiger partial charge in [-0.05, 0) is 73.8 Å². The fourth-order valence-corrected chi connectivity index (χ4v) is 4.46. The molecule has 2 aromatic rings. The van der Waals surface area contributed by atoms with Crippen molar-refractivity contribution >= 4 is 24.1 Å². The quantitative estimate of drug-likeness (QED) is 0.662. The third-order valence-corrected chi connectivity index (χ3v) is 6.33. The van der Waals surface area contributed by atoms with Gasteiger partial charge in [0.25, 0.3) is 0 Å². The van der Waals surface area contributed by atoms with Gasteiger partial charge in [-0.15, -0.1) is 12.4 Å². The van der Waals surface area contributed by atoms with Gasteiger partial charge >= 0.3 is 6.03 Å². The molecule has 1 saturated heterocycles. The zero-order valence-corrected chi connectivity index (χ0v) is 18.9. The molecular formula is C25H34ClN3O2. The van der Waals surface area contributed by atoms with Crippen LogP contribution >= 0.6 is 12.4 Å². The fraction of sp³-hybridized carbons (Fsp3) is 0.480. The van der Waals surface area contributed by atoms with Crippen LogP contribution in [0.15, 0.2) is 54.6 Å². The monoisotopic (exact) mass is 443 g/mol. The molecule has 0 atom stereocenters. The molecule has 4 rings (SSSR count).